The van der Waals surface area contributed by atoms with Gasteiger partial charge in [-0.15, -0.1) is 0 Å². The van der Waals surface area contributed by atoms with Crippen LogP contribution in [0.3, 0.4) is 0 Å². The van der Waals surface area contributed by atoms with Gasteiger partial charge in [0.1, 0.15) is 5.75 Å². The Morgan fingerprint density at radius 3 is 2.48 bits per heavy atom. The molecule has 5 nitrogen and oxygen atoms in total. The van der Waals surface area contributed by atoms with Crippen molar-refractivity contribution in [2.75, 3.05) is 27.3 Å². The molecule has 0 saturated carbocycles. The molecule has 2 aromatic rings. The van der Waals surface area contributed by atoms with Crippen LogP contribution in [0.15, 0.2) is 36.4 Å². The lowest BCUT2D eigenvalue weighted by Crippen LogP contribution is -2.46. The highest BCUT2D eigenvalue weighted by atomic mass is 16.5. The van der Waals surface area contributed by atoms with Gasteiger partial charge in [0.25, 0.3) is 0 Å². The largest absolute Gasteiger partial charge is 0.497 e. The highest BCUT2D eigenvalue weighted by Crippen LogP contribution is 2.24. The molecule has 1 saturated heterocycles. The predicted molar refractivity (Wildman–Crippen MR) is 99.1 cm³/mol. The third kappa shape index (κ3) is 4.04. The molecule has 25 heavy (non-hydrogen) atoms. The number of fused-ring (bicyclic) bond motifs is 1. The van der Waals surface area contributed by atoms with Crippen LogP contribution in [0.1, 0.15) is 31.4 Å². The Kier molecular flexibility index (Phi) is 5.43. The summed E-state index contributed by atoms with van der Waals surface area (Å²) in [4.78, 5) is 14.4. The zero-order valence-electron chi connectivity index (χ0n) is 15.1. The summed E-state index contributed by atoms with van der Waals surface area (Å²) in [5, 5.41) is 5.37. The van der Waals surface area contributed by atoms with Gasteiger partial charge in [-0.05, 0) is 54.3 Å². The number of hydrogen-bond acceptors (Lipinski definition) is 3. The second-order valence-corrected chi connectivity index (χ2v) is 6.57. The number of nitrogens with zero attached hydrogens (tertiary/aromatic N) is 1. The van der Waals surface area contributed by atoms with Crippen molar-refractivity contribution in [1.82, 2.24) is 10.2 Å². The normalized spacial score (nSPS) is 16.7. The second-order valence-electron chi connectivity index (χ2n) is 6.57. The first-order valence-corrected chi connectivity index (χ1v) is 8.76. The van der Waals surface area contributed by atoms with Crippen molar-refractivity contribution in [3.05, 3.63) is 42.0 Å². The quantitative estimate of drug-likeness (QED) is 0.921. The minimum Gasteiger partial charge on any atom is -0.497 e. The van der Waals surface area contributed by atoms with Crippen LogP contribution < -0.4 is 10.1 Å². The third-order valence-electron chi connectivity index (χ3n) is 4.97. The topological polar surface area (TPSA) is 50.8 Å². The molecule has 0 radical (unpaired) electrons. The van der Waals surface area contributed by atoms with E-state index in [9.17, 15) is 4.79 Å². The Hall–Kier alpha value is -2.27. The van der Waals surface area contributed by atoms with E-state index in [2.05, 4.69) is 23.5 Å². The Labute approximate surface area is 148 Å². The molecule has 0 aliphatic carbocycles. The number of nitrogens with one attached hydrogen (secondary N) is 1. The third-order valence-corrected chi connectivity index (χ3v) is 4.97. The number of hydrogen-bond donors (Lipinski definition) is 1. The predicted octanol–water partition coefficient (Wildman–Crippen LogP) is 3.73. The summed E-state index contributed by atoms with van der Waals surface area (Å²) in [5.74, 6) is 0.848. The van der Waals surface area contributed by atoms with Crippen molar-refractivity contribution in [3.63, 3.8) is 0 Å². The van der Waals surface area contributed by atoms with Crippen LogP contribution >= 0.6 is 0 Å². The van der Waals surface area contributed by atoms with Crippen LogP contribution in [0.5, 0.6) is 5.75 Å². The lowest BCUT2D eigenvalue weighted by atomic mass is 10.0. The van der Waals surface area contributed by atoms with Crippen molar-refractivity contribution < 1.29 is 14.3 Å². The number of carbonyl (C=O) groups excluding carboxylic acids is 1. The molecule has 1 aliphatic rings. The van der Waals surface area contributed by atoms with E-state index in [-0.39, 0.29) is 18.2 Å². The van der Waals surface area contributed by atoms with Crippen LogP contribution in [0.2, 0.25) is 0 Å². The summed E-state index contributed by atoms with van der Waals surface area (Å²) in [6.07, 6.45) is 2.07. The lowest BCUT2D eigenvalue weighted by Gasteiger charge is -2.32. The molecule has 0 aromatic heterocycles. The Morgan fingerprint density at radius 2 is 1.80 bits per heavy atom. The van der Waals surface area contributed by atoms with Crippen molar-refractivity contribution in [2.24, 2.45) is 0 Å². The first-order chi connectivity index (χ1) is 12.1. The fraction of sp³-hybridized carbons (Fsp3) is 0.450. The summed E-state index contributed by atoms with van der Waals surface area (Å²) in [5.41, 5.74) is 1.10. The van der Waals surface area contributed by atoms with Gasteiger partial charge in [0.2, 0.25) is 0 Å². The minimum atomic E-state index is -0.0425. The number of likely N-dealkylation sites (tertiary alicyclic amines) is 1. The minimum absolute atomic E-state index is 0.00289. The smallest absolute Gasteiger partial charge is 0.317 e. The number of carbonyl (C=O) groups is 1. The molecule has 5 heteroatoms. The molecule has 2 amide bonds. The van der Waals surface area contributed by atoms with Crippen molar-refractivity contribution in [3.8, 4) is 5.75 Å². The van der Waals surface area contributed by atoms with Gasteiger partial charge in [-0.3, -0.25) is 0 Å². The first kappa shape index (κ1) is 17.5. The Morgan fingerprint density at radius 1 is 1.12 bits per heavy atom. The molecule has 2 aromatic carbocycles. The van der Waals surface area contributed by atoms with Gasteiger partial charge in [-0.25, -0.2) is 4.79 Å². The van der Waals surface area contributed by atoms with Crippen LogP contribution in [-0.2, 0) is 4.74 Å². The summed E-state index contributed by atoms with van der Waals surface area (Å²) >= 11 is 0. The highest BCUT2D eigenvalue weighted by molar-refractivity contribution is 5.85. The molecular formula is C20H26N2O3. The van der Waals surface area contributed by atoms with Crippen LogP contribution in [0.25, 0.3) is 10.8 Å². The van der Waals surface area contributed by atoms with E-state index >= 15 is 0 Å². The fourth-order valence-electron chi connectivity index (χ4n) is 3.29. The van der Waals surface area contributed by atoms with Crippen molar-refractivity contribution in [2.45, 2.75) is 31.9 Å². The van der Waals surface area contributed by atoms with Crippen LogP contribution in [0, 0.1) is 0 Å². The van der Waals surface area contributed by atoms with E-state index in [1.54, 1.807) is 14.2 Å². The molecule has 1 fully saturated rings. The summed E-state index contributed by atoms with van der Waals surface area (Å²) < 4.78 is 10.6. The van der Waals surface area contributed by atoms with Crippen molar-refractivity contribution >= 4 is 16.8 Å². The summed E-state index contributed by atoms with van der Waals surface area (Å²) in [7, 11) is 3.40. The number of benzene rings is 2. The molecule has 0 spiro atoms. The van der Waals surface area contributed by atoms with Gasteiger partial charge >= 0.3 is 6.03 Å². The molecule has 1 atom stereocenters. The second kappa shape index (κ2) is 7.74. The van der Waals surface area contributed by atoms with Crippen LogP contribution in [0.4, 0.5) is 4.79 Å². The maximum Gasteiger partial charge on any atom is 0.317 e. The summed E-state index contributed by atoms with van der Waals surface area (Å²) in [6, 6.07) is 12.2. The van der Waals surface area contributed by atoms with E-state index in [4.69, 9.17) is 9.47 Å². The van der Waals surface area contributed by atoms with E-state index in [0.717, 1.165) is 48.0 Å². The number of ether oxygens (including phenoxy) is 2. The molecule has 0 bridgehead atoms. The van der Waals surface area contributed by atoms with Crippen LogP contribution in [-0.4, -0.2) is 44.3 Å². The SMILES string of the molecule is COc1ccc2cc([C@@H](C)NC(=O)N3CCC(OC)CC3)ccc2c1. The molecule has 134 valence electrons. The zero-order chi connectivity index (χ0) is 17.8. The average Bonchev–Trinajstić information content (AvgIpc) is 2.67. The number of rotatable bonds is 4. The monoisotopic (exact) mass is 342 g/mol. The number of amides is 2. The molecule has 1 aliphatic heterocycles. The molecule has 1 heterocycles. The van der Waals surface area contributed by atoms with Gasteiger partial charge in [-0.1, -0.05) is 18.2 Å². The molecule has 1 N–H and O–H groups in total. The van der Waals surface area contributed by atoms with Crippen molar-refractivity contribution in [1.29, 1.82) is 0 Å². The van der Waals surface area contributed by atoms with Gasteiger partial charge < -0.3 is 19.7 Å². The highest BCUT2D eigenvalue weighted by Gasteiger charge is 2.23. The van der Waals surface area contributed by atoms with Gasteiger partial charge in [0.15, 0.2) is 0 Å². The van der Waals surface area contributed by atoms with E-state index < -0.39 is 0 Å². The van der Waals surface area contributed by atoms with Gasteiger partial charge in [-0.2, -0.15) is 0 Å². The number of methoxy groups -OCH3 is 2. The molecular weight excluding hydrogens is 316 g/mol. The number of piperidine rings is 1. The maximum atomic E-state index is 12.5. The number of urea groups is 1. The lowest BCUT2D eigenvalue weighted by molar-refractivity contribution is 0.0500. The van der Waals surface area contributed by atoms with E-state index in [1.165, 1.54) is 0 Å². The van der Waals surface area contributed by atoms with E-state index in [1.807, 2.05) is 30.0 Å². The Bertz CT molecular complexity index is 739. The zero-order valence-corrected chi connectivity index (χ0v) is 15.1. The molecule has 3 rings (SSSR count). The van der Waals surface area contributed by atoms with Gasteiger partial charge in [0, 0.05) is 20.2 Å². The fourth-order valence-corrected chi connectivity index (χ4v) is 3.29. The first-order valence-electron chi connectivity index (χ1n) is 8.76. The molecule has 0 unspecified atom stereocenters. The van der Waals surface area contributed by atoms with E-state index in [0.29, 0.717) is 0 Å². The average molecular weight is 342 g/mol. The summed E-state index contributed by atoms with van der Waals surface area (Å²) in [6.45, 7) is 3.51. The van der Waals surface area contributed by atoms with Gasteiger partial charge in [0.05, 0.1) is 19.3 Å². The standard InChI is InChI=1S/C20H26N2O3/c1-14(21-20(23)22-10-8-18(24-2)9-11-22)15-4-5-17-13-19(25-3)7-6-16(17)12-15/h4-7,12-14,18H,8-11H2,1-3H3,(H,21,23)/t14-/m1/s1. The maximum absolute atomic E-state index is 12.5. The Balaban J connectivity index is 1.65.